The molecule has 1 aromatic carbocycles. The van der Waals surface area contributed by atoms with Crippen LogP contribution in [-0.2, 0) is 36.8 Å². The van der Waals surface area contributed by atoms with Gasteiger partial charge in [0.2, 0.25) is 0 Å². The number of hydrogen-bond acceptors (Lipinski definition) is 6. The number of benzene rings is 1. The molecule has 1 aromatic rings. The first-order valence-electron chi connectivity index (χ1n) is 5.69. The molecule has 0 aliphatic rings. The van der Waals surface area contributed by atoms with Crippen LogP contribution >= 0.6 is 17.1 Å². The summed E-state index contributed by atoms with van der Waals surface area (Å²) in [5.41, 5.74) is -1.52. The predicted octanol–water partition coefficient (Wildman–Crippen LogP) is 3.40. The minimum atomic E-state index is -2.39. The van der Waals surface area contributed by atoms with Crippen molar-refractivity contribution in [2.75, 3.05) is 20.8 Å². The zero-order valence-corrected chi connectivity index (χ0v) is 13.6. The molecule has 0 amide bonds. The molecule has 4 nitrogen and oxygen atoms in total. The maximum absolute atomic E-state index is 11.6. The molecule has 0 bridgehead atoms. The van der Waals surface area contributed by atoms with Crippen molar-refractivity contribution in [3.63, 3.8) is 0 Å². The van der Waals surface area contributed by atoms with Gasteiger partial charge in [-0.2, -0.15) is 0 Å². The van der Waals surface area contributed by atoms with E-state index in [1.807, 2.05) is 24.3 Å². The van der Waals surface area contributed by atoms with Crippen LogP contribution in [0.4, 0.5) is 0 Å². The summed E-state index contributed by atoms with van der Waals surface area (Å²) in [6.07, 6.45) is 0.222. The van der Waals surface area contributed by atoms with Crippen LogP contribution in [0.25, 0.3) is 0 Å². The third kappa shape index (κ3) is 5.24. The van der Waals surface area contributed by atoms with Crippen LogP contribution in [0.2, 0.25) is 0 Å². The summed E-state index contributed by atoms with van der Waals surface area (Å²) >= 11 is 6.68. The molecule has 1 rings (SSSR count). The Bertz CT molecular complexity index is 471. The van der Waals surface area contributed by atoms with Crippen LogP contribution < -0.4 is 0 Å². The van der Waals surface area contributed by atoms with E-state index in [1.54, 1.807) is 6.92 Å². The maximum Gasteiger partial charge on any atom is 0.310 e. The average molecular weight is 320 g/mol. The van der Waals surface area contributed by atoms with Gasteiger partial charge in [-0.05, 0) is 41.7 Å². The van der Waals surface area contributed by atoms with Crippen molar-refractivity contribution in [3.8, 4) is 0 Å². The lowest BCUT2D eigenvalue weighted by Gasteiger charge is -2.18. The molecule has 0 radical (unpaired) electrons. The van der Waals surface area contributed by atoms with E-state index in [0.717, 1.165) is 10.5 Å². The molecule has 0 saturated carbocycles. The second-order valence-corrected chi connectivity index (χ2v) is 9.87. The Morgan fingerprint density at radius 3 is 2.53 bits per heavy atom. The molecule has 0 atom stereocenters. The fourth-order valence-corrected chi connectivity index (χ4v) is 4.74. The van der Waals surface area contributed by atoms with Gasteiger partial charge in [-0.15, -0.1) is 0 Å². The minimum Gasteiger partial charge on any atom is -0.466 e. The third-order valence-electron chi connectivity index (χ3n) is 2.27. The number of hydrogen-bond donors (Lipinski definition) is 0. The monoisotopic (exact) mass is 320 g/mol. The Balaban J connectivity index is 2.90. The van der Waals surface area contributed by atoms with Gasteiger partial charge in [-0.1, -0.05) is 18.2 Å². The molecule has 0 unspecified atom stereocenters. The predicted molar refractivity (Wildman–Crippen MR) is 80.9 cm³/mol. The van der Waals surface area contributed by atoms with Gasteiger partial charge in [0.1, 0.15) is 0 Å². The second-order valence-electron chi connectivity index (χ2n) is 3.49. The second kappa shape index (κ2) is 8.02. The zero-order chi connectivity index (χ0) is 14.3. The quantitative estimate of drug-likeness (QED) is 0.567. The molecule has 0 N–H and O–H groups in total. The summed E-state index contributed by atoms with van der Waals surface area (Å²) in [5.74, 6) is -0.251. The van der Waals surface area contributed by atoms with Gasteiger partial charge in [0.15, 0.2) is 0 Å². The highest BCUT2D eigenvalue weighted by Gasteiger charge is 2.20. The number of ether oxygens (including phenoxy) is 1. The van der Waals surface area contributed by atoms with E-state index in [-0.39, 0.29) is 12.4 Å². The van der Waals surface area contributed by atoms with Crippen LogP contribution in [0.3, 0.4) is 0 Å². The molecule has 0 aromatic heterocycles. The van der Waals surface area contributed by atoms with Crippen molar-refractivity contribution < 1.29 is 18.6 Å². The first kappa shape index (κ1) is 16.7. The van der Waals surface area contributed by atoms with Crippen LogP contribution in [0.5, 0.6) is 0 Å². The lowest BCUT2D eigenvalue weighted by Crippen LogP contribution is -2.08. The highest BCUT2D eigenvalue weighted by Crippen LogP contribution is 2.63. The van der Waals surface area contributed by atoms with Crippen LogP contribution in [0.15, 0.2) is 29.2 Å². The Labute approximate surface area is 122 Å². The summed E-state index contributed by atoms with van der Waals surface area (Å²) in [4.78, 5) is 12.4. The van der Waals surface area contributed by atoms with Gasteiger partial charge in [0.05, 0.1) is 13.0 Å². The van der Waals surface area contributed by atoms with E-state index in [0.29, 0.717) is 6.61 Å². The van der Waals surface area contributed by atoms with E-state index in [2.05, 4.69) is 0 Å². The van der Waals surface area contributed by atoms with E-state index >= 15 is 0 Å². The molecular weight excluding hydrogens is 303 g/mol. The maximum atomic E-state index is 11.6. The third-order valence-corrected chi connectivity index (χ3v) is 7.70. The standard InChI is InChI=1S/C12H17O4PS2/c1-4-16-12(13)9-10-7-5-6-8-11(10)19-17(18,14-2)15-3/h5-8H,4,9H2,1-3H3. The van der Waals surface area contributed by atoms with Crippen molar-refractivity contribution >= 4 is 34.9 Å². The number of esters is 1. The molecular formula is C12H17O4PS2. The summed E-state index contributed by atoms with van der Waals surface area (Å²) in [5, 5.41) is 0. The Hall–Kier alpha value is -0.390. The number of carbonyl (C=O) groups excluding carboxylic acids is 1. The van der Waals surface area contributed by atoms with E-state index in [4.69, 9.17) is 25.6 Å². The molecule has 0 aliphatic carbocycles. The Morgan fingerprint density at radius 2 is 1.95 bits per heavy atom. The van der Waals surface area contributed by atoms with E-state index < -0.39 is 5.69 Å². The summed E-state index contributed by atoms with van der Waals surface area (Å²) in [6, 6.07) is 7.55. The van der Waals surface area contributed by atoms with Gasteiger partial charge in [0.25, 0.3) is 5.69 Å². The number of rotatable bonds is 7. The van der Waals surface area contributed by atoms with Gasteiger partial charge in [-0.3, -0.25) is 4.79 Å². The Kier molecular flexibility index (Phi) is 7.04. The van der Waals surface area contributed by atoms with Crippen molar-refractivity contribution in [2.45, 2.75) is 18.2 Å². The summed E-state index contributed by atoms with van der Waals surface area (Å²) < 4.78 is 15.5. The molecule has 0 saturated heterocycles. The molecule has 0 fully saturated rings. The van der Waals surface area contributed by atoms with Crippen LogP contribution in [-0.4, -0.2) is 26.8 Å². The molecule has 19 heavy (non-hydrogen) atoms. The molecule has 0 aliphatic heterocycles. The average Bonchev–Trinajstić information content (AvgIpc) is 2.41. The minimum absolute atomic E-state index is 0.222. The normalized spacial score (nSPS) is 11.3. The smallest absolute Gasteiger partial charge is 0.310 e. The van der Waals surface area contributed by atoms with Gasteiger partial charge >= 0.3 is 5.97 Å². The lowest BCUT2D eigenvalue weighted by molar-refractivity contribution is -0.142. The summed E-state index contributed by atoms with van der Waals surface area (Å²) in [6.45, 7) is 2.16. The fraction of sp³-hybridized carbons (Fsp3) is 0.417. The van der Waals surface area contributed by atoms with Gasteiger partial charge in [-0.25, -0.2) is 0 Å². The SMILES string of the molecule is CCOC(=O)Cc1ccccc1SP(=S)(OC)OC. The van der Waals surface area contributed by atoms with Crippen LogP contribution in [0, 0.1) is 0 Å². The van der Waals surface area contributed by atoms with Gasteiger partial charge in [0, 0.05) is 19.1 Å². The first-order chi connectivity index (χ1) is 9.04. The first-order valence-corrected chi connectivity index (χ1v) is 9.75. The van der Waals surface area contributed by atoms with Crippen molar-refractivity contribution in [3.05, 3.63) is 29.8 Å². The number of carbonyl (C=O) groups is 1. The molecule has 0 heterocycles. The van der Waals surface area contributed by atoms with Gasteiger partial charge < -0.3 is 13.8 Å². The fourth-order valence-electron chi connectivity index (χ4n) is 1.38. The Morgan fingerprint density at radius 1 is 1.32 bits per heavy atom. The lowest BCUT2D eigenvalue weighted by atomic mass is 10.1. The molecule has 0 spiro atoms. The summed E-state index contributed by atoms with van der Waals surface area (Å²) in [7, 11) is 3.07. The van der Waals surface area contributed by atoms with Crippen molar-refractivity contribution in [1.82, 2.24) is 0 Å². The largest absolute Gasteiger partial charge is 0.466 e. The highest BCUT2D eigenvalue weighted by atomic mass is 32.9. The zero-order valence-electron chi connectivity index (χ0n) is 11.1. The molecule has 7 heteroatoms. The van der Waals surface area contributed by atoms with E-state index in [1.165, 1.54) is 25.6 Å². The van der Waals surface area contributed by atoms with Crippen LogP contribution in [0.1, 0.15) is 12.5 Å². The van der Waals surface area contributed by atoms with Crippen molar-refractivity contribution in [2.24, 2.45) is 0 Å². The van der Waals surface area contributed by atoms with E-state index in [9.17, 15) is 4.79 Å². The van der Waals surface area contributed by atoms with Crippen molar-refractivity contribution in [1.29, 1.82) is 0 Å². The topological polar surface area (TPSA) is 44.8 Å². The highest BCUT2D eigenvalue weighted by molar-refractivity contribution is 8.67. The molecule has 106 valence electrons.